The second kappa shape index (κ2) is 5.37. The van der Waals surface area contributed by atoms with Crippen molar-refractivity contribution in [2.75, 3.05) is 7.05 Å². The van der Waals surface area contributed by atoms with E-state index in [-0.39, 0.29) is 0 Å². The molecule has 0 aliphatic rings. The predicted molar refractivity (Wildman–Crippen MR) is 65.7 cm³/mol. The van der Waals surface area contributed by atoms with Gasteiger partial charge in [0.2, 0.25) is 5.89 Å². The van der Waals surface area contributed by atoms with Crippen LogP contribution in [0.5, 0.6) is 0 Å². The van der Waals surface area contributed by atoms with Gasteiger partial charge in [0.15, 0.2) is 5.82 Å². The fraction of sp³-hybridized carbons (Fsp3) is 0.545. The molecule has 5 nitrogen and oxygen atoms in total. The van der Waals surface area contributed by atoms with E-state index < -0.39 is 0 Å². The summed E-state index contributed by atoms with van der Waals surface area (Å²) in [6.07, 6.45) is 0.804. The summed E-state index contributed by atoms with van der Waals surface area (Å²) in [5, 5.41) is 7.05. The zero-order valence-electron chi connectivity index (χ0n) is 10.3. The molecule has 2 aromatic rings. The van der Waals surface area contributed by atoms with Crippen LogP contribution in [-0.2, 0) is 19.5 Å². The highest BCUT2D eigenvalue weighted by molar-refractivity contribution is 7.09. The minimum atomic E-state index is 0.656. The van der Waals surface area contributed by atoms with Gasteiger partial charge in [0.05, 0.1) is 17.2 Å². The van der Waals surface area contributed by atoms with Crippen molar-refractivity contribution in [3.8, 4) is 0 Å². The molecule has 0 radical (unpaired) electrons. The maximum absolute atomic E-state index is 5.15. The monoisotopic (exact) mass is 252 g/mol. The number of aryl methyl sites for hydroxylation is 2. The van der Waals surface area contributed by atoms with Crippen molar-refractivity contribution in [1.29, 1.82) is 0 Å². The lowest BCUT2D eigenvalue weighted by atomic mass is 10.4. The Labute approximate surface area is 104 Å². The molecule has 0 aromatic carbocycles. The van der Waals surface area contributed by atoms with Crippen molar-refractivity contribution < 1.29 is 4.52 Å². The summed E-state index contributed by atoms with van der Waals surface area (Å²) in [6.45, 7) is 5.48. The van der Waals surface area contributed by atoms with E-state index >= 15 is 0 Å². The summed E-state index contributed by atoms with van der Waals surface area (Å²) in [6, 6.07) is 0. The Kier molecular flexibility index (Phi) is 3.86. The standard InChI is InChI=1S/C11H16N4OS/c1-4-10-13-11(16-14-10)6-15(3)5-9-7-17-8(2)12-9/h7H,4-6H2,1-3H3. The van der Waals surface area contributed by atoms with Crippen LogP contribution in [-0.4, -0.2) is 27.1 Å². The number of hydrogen-bond donors (Lipinski definition) is 0. The second-order valence-corrected chi connectivity index (χ2v) is 5.05. The first kappa shape index (κ1) is 12.2. The van der Waals surface area contributed by atoms with Crippen molar-refractivity contribution in [3.05, 3.63) is 27.8 Å². The van der Waals surface area contributed by atoms with Crippen LogP contribution in [0.15, 0.2) is 9.90 Å². The van der Waals surface area contributed by atoms with Crippen molar-refractivity contribution in [2.24, 2.45) is 0 Å². The number of nitrogens with zero attached hydrogens (tertiary/aromatic N) is 4. The number of rotatable bonds is 5. The third kappa shape index (κ3) is 3.34. The number of aromatic nitrogens is 3. The second-order valence-electron chi connectivity index (χ2n) is 3.99. The average molecular weight is 252 g/mol. The normalized spacial score (nSPS) is 11.3. The molecule has 0 atom stereocenters. The molecule has 17 heavy (non-hydrogen) atoms. The summed E-state index contributed by atoms with van der Waals surface area (Å²) in [5.41, 5.74) is 1.09. The molecule has 0 aliphatic heterocycles. The molecule has 2 aromatic heterocycles. The van der Waals surface area contributed by atoms with Gasteiger partial charge in [-0.1, -0.05) is 12.1 Å². The molecule has 0 saturated heterocycles. The Morgan fingerprint density at radius 2 is 2.18 bits per heavy atom. The third-order valence-electron chi connectivity index (χ3n) is 2.33. The van der Waals surface area contributed by atoms with Gasteiger partial charge < -0.3 is 4.52 Å². The molecule has 0 fully saturated rings. The molecule has 0 N–H and O–H groups in total. The number of thiazole rings is 1. The lowest BCUT2D eigenvalue weighted by Crippen LogP contribution is -2.17. The van der Waals surface area contributed by atoms with Crippen molar-refractivity contribution in [1.82, 2.24) is 20.0 Å². The molecule has 6 heteroatoms. The minimum Gasteiger partial charge on any atom is -0.338 e. The SMILES string of the molecule is CCc1noc(CN(C)Cc2csc(C)n2)n1. The van der Waals surface area contributed by atoms with E-state index in [4.69, 9.17) is 4.52 Å². The first-order chi connectivity index (χ1) is 8.17. The Hall–Kier alpha value is -1.27. The minimum absolute atomic E-state index is 0.656. The molecular weight excluding hydrogens is 236 g/mol. The van der Waals surface area contributed by atoms with Gasteiger partial charge in [0, 0.05) is 18.3 Å². The van der Waals surface area contributed by atoms with Crippen molar-refractivity contribution in [2.45, 2.75) is 33.4 Å². The fourth-order valence-electron chi connectivity index (χ4n) is 1.54. The smallest absolute Gasteiger partial charge is 0.240 e. The van der Waals surface area contributed by atoms with Gasteiger partial charge in [-0.25, -0.2) is 4.98 Å². The molecule has 0 amide bonds. The highest BCUT2D eigenvalue weighted by atomic mass is 32.1. The molecule has 0 saturated carbocycles. The highest BCUT2D eigenvalue weighted by Crippen LogP contribution is 2.11. The Morgan fingerprint density at radius 1 is 1.35 bits per heavy atom. The summed E-state index contributed by atoms with van der Waals surface area (Å²) < 4.78 is 5.15. The van der Waals surface area contributed by atoms with E-state index in [1.807, 2.05) is 20.9 Å². The lowest BCUT2D eigenvalue weighted by Gasteiger charge is -2.11. The van der Waals surface area contributed by atoms with Crippen LogP contribution >= 0.6 is 11.3 Å². The highest BCUT2D eigenvalue weighted by Gasteiger charge is 2.09. The summed E-state index contributed by atoms with van der Waals surface area (Å²) in [7, 11) is 2.02. The number of hydrogen-bond acceptors (Lipinski definition) is 6. The van der Waals surface area contributed by atoms with Gasteiger partial charge in [0.1, 0.15) is 0 Å². The van der Waals surface area contributed by atoms with E-state index in [1.54, 1.807) is 11.3 Å². The van der Waals surface area contributed by atoms with E-state index in [0.29, 0.717) is 12.4 Å². The topological polar surface area (TPSA) is 55.1 Å². The van der Waals surface area contributed by atoms with Gasteiger partial charge in [-0.15, -0.1) is 11.3 Å². The fourth-order valence-corrected chi connectivity index (χ4v) is 2.15. The van der Waals surface area contributed by atoms with E-state index in [9.17, 15) is 0 Å². The largest absolute Gasteiger partial charge is 0.338 e. The molecule has 0 bridgehead atoms. The van der Waals surface area contributed by atoms with Crippen molar-refractivity contribution >= 4 is 11.3 Å². The maximum Gasteiger partial charge on any atom is 0.240 e. The molecule has 2 heterocycles. The van der Waals surface area contributed by atoms with Crippen LogP contribution in [0.3, 0.4) is 0 Å². The van der Waals surface area contributed by atoms with Crippen LogP contribution in [0.1, 0.15) is 29.3 Å². The van der Waals surface area contributed by atoms with E-state index in [2.05, 4.69) is 25.4 Å². The molecule has 2 rings (SSSR count). The first-order valence-electron chi connectivity index (χ1n) is 5.58. The van der Waals surface area contributed by atoms with Crippen molar-refractivity contribution in [3.63, 3.8) is 0 Å². The van der Waals surface area contributed by atoms with E-state index in [1.165, 1.54) is 0 Å². The Morgan fingerprint density at radius 3 is 2.76 bits per heavy atom. The van der Waals surface area contributed by atoms with Crippen LogP contribution in [0, 0.1) is 6.92 Å². The van der Waals surface area contributed by atoms with Crippen LogP contribution in [0.4, 0.5) is 0 Å². The quantitative estimate of drug-likeness (QED) is 0.815. The average Bonchev–Trinajstić information content (AvgIpc) is 2.88. The molecule has 0 spiro atoms. The van der Waals surface area contributed by atoms with Gasteiger partial charge >= 0.3 is 0 Å². The summed E-state index contributed by atoms with van der Waals surface area (Å²) in [4.78, 5) is 10.8. The van der Waals surface area contributed by atoms with Crippen LogP contribution in [0.25, 0.3) is 0 Å². The van der Waals surface area contributed by atoms with Crippen LogP contribution in [0.2, 0.25) is 0 Å². The molecule has 0 unspecified atom stereocenters. The van der Waals surface area contributed by atoms with Gasteiger partial charge in [-0.3, -0.25) is 4.90 Å². The predicted octanol–water partition coefficient (Wildman–Crippen LogP) is 2.03. The molecule has 0 aliphatic carbocycles. The summed E-state index contributed by atoms with van der Waals surface area (Å²) >= 11 is 1.67. The van der Waals surface area contributed by atoms with Gasteiger partial charge in [-0.05, 0) is 14.0 Å². The zero-order valence-corrected chi connectivity index (χ0v) is 11.1. The van der Waals surface area contributed by atoms with Crippen LogP contribution < -0.4 is 0 Å². The first-order valence-corrected chi connectivity index (χ1v) is 6.46. The molecule has 92 valence electrons. The molecular formula is C11H16N4OS. The Bertz CT molecular complexity index is 479. The Balaban J connectivity index is 1.90. The lowest BCUT2D eigenvalue weighted by molar-refractivity contribution is 0.258. The van der Waals surface area contributed by atoms with Gasteiger partial charge in [0.25, 0.3) is 0 Å². The third-order valence-corrected chi connectivity index (χ3v) is 3.15. The summed E-state index contributed by atoms with van der Waals surface area (Å²) in [5.74, 6) is 1.43. The van der Waals surface area contributed by atoms with Gasteiger partial charge in [-0.2, -0.15) is 4.98 Å². The maximum atomic E-state index is 5.15. The van der Waals surface area contributed by atoms with E-state index in [0.717, 1.165) is 29.5 Å². The zero-order chi connectivity index (χ0) is 12.3.